The molecule has 0 spiro atoms. The lowest BCUT2D eigenvalue weighted by molar-refractivity contribution is 0.219. The molecule has 1 heterocycles. The van der Waals surface area contributed by atoms with Gasteiger partial charge in [0, 0.05) is 19.6 Å². The van der Waals surface area contributed by atoms with Crippen LogP contribution >= 0.6 is 0 Å². The van der Waals surface area contributed by atoms with Gasteiger partial charge in [0.1, 0.15) is 12.4 Å². The predicted octanol–water partition coefficient (Wildman–Crippen LogP) is 0.905. The molecule has 0 saturated carbocycles. The van der Waals surface area contributed by atoms with Crippen molar-refractivity contribution in [3.05, 3.63) is 29.8 Å². The fourth-order valence-corrected chi connectivity index (χ4v) is 3.77. The molecule has 1 aliphatic heterocycles. The zero-order valence-corrected chi connectivity index (χ0v) is 13.4. The molecule has 0 atom stereocenters. The van der Waals surface area contributed by atoms with E-state index < -0.39 is 9.84 Å². The molecule has 1 aliphatic rings. The minimum atomic E-state index is -2.83. The van der Waals surface area contributed by atoms with Crippen LogP contribution in [-0.4, -0.2) is 58.1 Å². The molecular formula is C15H24N2O3S. The van der Waals surface area contributed by atoms with Crippen molar-refractivity contribution >= 4 is 9.84 Å². The monoisotopic (exact) mass is 312 g/mol. The van der Waals surface area contributed by atoms with Crippen LogP contribution in [-0.2, 0) is 16.4 Å². The number of rotatable bonds is 6. The van der Waals surface area contributed by atoms with Gasteiger partial charge in [-0.05, 0) is 37.7 Å². The second-order valence-corrected chi connectivity index (χ2v) is 7.68. The van der Waals surface area contributed by atoms with Crippen molar-refractivity contribution in [2.45, 2.75) is 13.0 Å². The standard InChI is InChI=1S/C15H24N2O3S/c1-16-13-14-4-2-5-15(12-14)20-9-7-17-6-3-10-21(18,19)11-8-17/h2,4-5,12,16H,3,6-11,13H2,1H3. The first kappa shape index (κ1) is 16.3. The van der Waals surface area contributed by atoms with Gasteiger partial charge in [-0.25, -0.2) is 8.42 Å². The van der Waals surface area contributed by atoms with E-state index in [9.17, 15) is 8.42 Å². The first-order chi connectivity index (χ1) is 10.1. The second kappa shape index (κ2) is 7.77. The van der Waals surface area contributed by atoms with Crippen molar-refractivity contribution in [2.24, 2.45) is 0 Å². The number of ether oxygens (including phenoxy) is 1. The molecular weight excluding hydrogens is 288 g/mol. The Labute approximate surface area is 127 Å². The van der Waals surface area contributed by atoms with Crippen molar-refractivity contribution < 1.29 is 13.2 Å². The fourth-order valence-electron chi connectivity index (χ4n) is 2.46. The predicted molar refractivity (Wildman–Crippen MR) is 84.4 cm³/mol. The maximum Gasteiger partial charge on any atom is 0.151 e. The van der Waals surface area contributed by atoms with E-state index in [1.54, 1.807) is 0 Å². The summed E-state index contributed by atoms with van der Waals surface area (Å²) in [6, 6.07) is 8.03. The number of benzene rings is 1. The number of nitrogens with zero attached hydrogens (tertiary/aromatic N) is 1. The third-order valence-electron chi connectivity index (χ3n) is 3.60. The van der Waals surface area contributed by atoms with E-state index in [2.05, 4.69) is 16.3 Å². The highest BCUT2D eigenvalue weighted by Gasteiger charge is 2.18. The number of hydrogen-bond donors (Lipinski definition) is 1. The minimum absolute atomic E-state index is 0.269. The van der Waals surface area contributed by atoms with Crippen LogP contribution in [0.25, 0.3) is 0 Å². The highest BCUT2D eigenvalue weighted by Crippen LogP contribution is 2.13. The van der Waals surface area contributed by atoms with Crippen LogP contribution in [0.1, 0.15) is 12.0 Å². The van der Waals surface area contributed by atoms with Crippen LogP contribution in [0.4, 0.5) is 0 Å². The molecule has 1 N–H and O–H groups in total. The highest BCUT2D eigenvalue weighted by atomic mass is 32.2. The van der Waals surface area contributed by atoms with Gasteiger partial charge >= 0.3 is 0 Å². The molecule has 1 aromatic carbocycles. The van der Waals surface area contributed by atoms with Gasteiger partial charge in [-0.1, -0.05) is 12.1 Å². The molecule has 0 aliphatic carbocycles. The summed E-state index contributed by atoms with van der Waals surface area (Å²) in [6.07, 6.45) is 0.722. The van der Waals surface area contributed by atoms with E-state index in [1.807, 2.05) is 25.2 Å². The molecule has 0 bridgehead atoms. The zero-order valence-electron chi connectivity index (χ0n) is 12.5. The van der Waals surface area contributed by atoms with E-state index >= 15 is 0 Å². The van der Waals surface area contributed by atoms with Gasteiger partial charge in [-0.2, -0.15) is 0 Å². The Kier molecular flexibility index (Phi) is 6.02. The highest BCUT2D eigenvalue weighted by molar-refractivity contribution is 7.91. The first-order valence-electron chi connectivity index (χ1n) is 7.38. The molecule has 0 amide bonds. The van der Waals surface area contributed by atoms with Crippen LogP contribution in [0.5, 0.6) is 5.75 Å². The maximum atomic E-state index is 11.5. The van der Waals surface area contributed by atoms with Crippen molar-refractivity contribution in [3.63, 3.8) is 0 Å². The van der Waals surface area contributed by atoms with Crippen molar-refractivity contribution in [1.82, 2.24) is 10.2 Å². The molecule has 21 heavy (non-hydrogen) atoms. The van der Waals surface area contributed by atoms with Crippen LogP contribution in [0.3, 0.4) is 0 Å². The quantitative estimate of drug-likeness (QED) is 0.846. The first-order valence-corrected chi connectivity index (χ1v) is 9.20. The largest absolute Gasteiger partial charge is 0.492 e. The van der Waals surface area contributed by atoms with Gasteiger partial charge in [0.2, 0.25) is 0 Å². The molecule has 118 valence electrons. The van der Waals surface area contributed by atoms with Crippen LogP contribution < -0.4 is 10.1 Å². The van der Waals surface area contributed by atoms with Gasteiger partial charge in [0.05, 0.1) is 11.5 Å². The zero-order chi connectivity index (χ0) is 15.1. The molecule has 1 fully saturated rings. The Morgan fingerprint density at radius 1 is 1.29 bits per heavy atom. The maximum absolute atomic E-state index is 11.5. The number of sulfone groups is 1. The Morgan fingerprint density at radius 2 is 2.14 bits per heavy atom. The van der Waals surface area contributed by atoms with Crippen molar-refractivity contribution in [3.8, 4) is 5.75 Å². The molecule has 0 unspecified atom stereocenters. The lowest BCUT2D eigenvalue weighted by Gasteiger charge is -2.19. The van der Waals surface area contributed by atoms with Gasteiger partial charge < -0.3 is 10.1 Å². The van der Waals surface area contributed by atoms with E-state index in [-0.39, 0.29) is 5.75 Å². The average molecular weight is 312 g/mol. The van der Waals surface area contributed by atoms with Gasteiger partial charge in [0.15, 0.2) is 9.84 Å². The normalized spacial score (nSPS) is 19.1. The molecule has 6 heteroatoms. The topological polar surface area (TPSA) is 58.6 Å². The van der Waals surface area contributed by atoms with Gasteiger partial charge in [-0.3, -0.25) is 4.90 Å². The van der Waals surface area contributed by atoms with Crippen LogP contribution in [0, 0.1) is 0 Å². The summed E-state index contributed by atoms with van der Waals surface area (Å²) in [5.74, 6) is 1.45. The van der Waals surface area contributed by atoms with Gasteiger partial charge in [-0.15, -0.1) is 0 Å². The smallest absolute Gasteiger partial charge is 0.151 e. The minimum Gasteiger partial charge on any atom is -0.492 e. The van der Waals surface area contributed by atoms with Crippen molar-refractivity contribution in [1.29, 1.82) is 0 Å². The van der Waals surface area contributed by atoms with E-state index in [0.29, 0.717) is 18.9 Å². The molecule has 0 radical (unpaired) electrons. The Morgan fingerprint density at radius 3 is 2.95 bits per heavy atom. The average Bonchev–Trinajstić information content (AvgIpc) is 2.61. The Balaban J connectivity index is 1.77. The fraction of sp³-hybridized carbons (Fsp3) is 0.600. The van der Waals surface area contributed by atoms with Crippen LogP contribution in [0.2, 0.25) is 0 Å². The molecule has 5 nitrogen and oxygen atoms in total. The number of hydrogen-bond acceptors (Lipinski definition) is 5. The number of nitrogens with one attached hydrogen (secondary N) is 1. The summed E-state index contributed by atoms with van der Waals surface area (Å²) in [6.45, 7) is 3.63. The summed E-state index contributed by atoms with van der Waals surface area (Å²) in [5, 5.41) is 3.11. The van der Waals surface area contributed by atoms with Gasteiger partial charge in [0.25, 0.3) is 0 Å². The van der Waals surface area contributed by atoms with E-state index in [4.69, 9.17) is 4.74 Å². The lowest BCUT2D eigenvalue weighted by atomic mass is 10.2. The molecule has 2 rings (SSSR count). The summed E-state index contributed by atoms with van der Waals surface area (Å²) < 4.78 is 28.9. The van der Waals surface area contributed by atoms with Crippen LogP contribution in [0.15, 0.2) is 24.3 Å². The summed E-state index contributed by atoms with van der Waals surface area (Å²) in [5.41, 5.74) is 1.19. The van der Waals surface area contributed by atoms with E-state index in [1.165, 1.54) is 5.56 Å². The second-order valence-electron chi connectivity index (χ2n) is 5.37. The molecule has 1 saturated heterocycles. The SMILES string of the molecule is CNCc1cccc(OCCN2CCCS(=O)(=O)CC2)c1. The molecule has 0 aromatic heterocycles. The van der Waals surface area contributed by atoms with E-state index in [0.717, 1.165) is 31.8 Å². The van der Waals surface area contributed by atoms with Crippen molar-refractivity contribution in [2.75, 3.05) is 44.8 Å². The summed E-state index contributed by atoms with van der Waals surface area (Å²) in [4.78, 5) is 2.17. The molecule has 1 aromatic rings. The summed E-state index contributed by atoms with van der Waals surface area (Å²) in [7, 11) is -0.913. The Bertz CT molecular complexity index is 546. The Hall–Kier alpha value is -1.11. The third-order valence-corrected chi connectivity index (χ3v) is 5.32. The third kappa shape index (κ3) is 5.65. The lowest BCUT2D eigenvalue weighted by Crippen LogP contribution is -2.31. The summed E-state index contributed by atoms with van der Waals surface area (Å²) >= 11 is 0.